The molecular formula is C12H14O2. The molecule has 1 rings (SSSR count). The lowest BCUT2D eigenvalue weighted by molar-refractivity contribution is 0.181. The Kier molecular flexibility index (Phi) is 4.03. The molecule has 1 aromatic rings. The Morgan fingerprint density at radius 1 is 1.43 bits per heavy atom. The number of aliphatic hydroxyl groups excluding tert-OH is 1. The van der Waals surface area contributed by atoms with E-state index in [1.165, 1.54) is 0 Å². The van der Waals surface area contributed by atoms with Crippen molar-refractivity contribution in [3.63, 3.8) is 0 Å². The highest BCUT2D eigenvalue weighted by Crippen LogP contribution is 2.13. The van der Waals surface area contributed by atoms with Crippen molar-refractivity contribution >= 4 is 0 Å². The highest BCUT2D eigenvalue weighted by Gasteiger charge is 2.03. The first kappa shape index (κ1) is 10.6. The van der Waals surface area contributed by atoms with Crippen molar-refractivity contribution in [3.05, 3.63) is 29.8 Å². The summed E-state index contributed by atoms with van der Waals surface area (Å²) in [4.78, 5) is 0. The Balaban J connectivity index is 2.56. The predicted molar refractivity (Wildman–Crippen MR) is 56.2 cm³/mol. The van der Waals surface area contributed by atoms with Crippen LogP contribution in [0, 0.1) is 12.3 Å². The average Bonchev–Trinajstić information content (AvgIpc) is 2.19. The fourth-order valence-electron chi connectivity index (χ4n) is 1.24. The number of hydrogen-bond acceptors (Lipinski definition) is 2. The van der Waals surface area contributed by atoms with Gasteiger partial charge in [0.15, 0.2) is 0 Å². The normalized spacial score (nSPS) is 11.8. The van der Waals surface area contributed by atoms with Gasteiger partial charge in [0.2, 0.25) is 0 Å². The smallest absolute Gasteiger partial charge is 0.118 e. The second kappa shape index (κ2) is 5.31. The van der Waals surface area contributed by atoms with Crippen LogP contribution in [0.3, 0.4) is 0 Å². The van der Waals surface area contributed by atoms with Crippen LogP contribution in [0.4, 0.5) is 0 Å². The molecule has 0 heterocycles. The van der Waals surface area contributed by atoms with E-state index in [4.69, 9.17) is 11.2 Å². The summed E-state index contributed by atoms with van der Waals surface area (Å²) in [7, 11) is 1.63. The highest BCUT2D eigenvalue weighted by atomic mass is 16.5. The number of terminal acetylenes is 1. The summed E-state index contributed by atoms with van der Waals surface area (Å²) in [6, 6.07) is 7.60. The van der Waals surface area contributed by atoms with Crippen LogP contribution < -0.4 is 4.74 Å². The topological polar surface area (TPSA) is 29.5 Å². The number of ether oxygens (including phenoxy) is 1. The van der Waals surface area contributed by atoms with Gasteiger partial charge in [0.05, 0.1) is 13.2 Å². The first-order valence-electron chi connectivity index (χ1n) is 4.50. The van der Waals surface area contributed by atoms with Crippen molar-refractivity contribution in [2.45, 2.75) is 18.9 Å². The maximum absolute atomic E-state index is 9.46. The van der Waals surface area contributed by atoms with E-state index in [9.17, 15) is 5.11 Å². The summed E-state index contributed by atoms with van der Waals surface area (Å²) in [5.41, 5.74) is 1.06. The number of methoxy groups -OCH3 is 1. The van der Waals surface area contributed by atoms with Gasteiger partial charge in [-0.05, 0) is 24.1 Å². The molecule has 0 aliphatic heterocycles. The molecule has 2 heteroatoms. The molecule has 2 nitrogen and oxygen atoms in total. The van der Waals surface area contributed by atoms with Crippen molar-refractivity contribution in [3.8, 4) is 18.1 Å². The molecule has 0 amide bonds. The third kappa shape index (κ3) is 3.12. The van der Waals surface area contributed by atoms with Gasteiger partial charge in [-0.25, -0.2) is 0 Å². The summed E-state index contributed by atoms with van der Waals surface area (Å²) in [6.07, 6.45) is 5.63. The maximum atomic E-state index is 9.46. The number of aliphatic hydroxyl groups is 1. The fraction of sp³-hybridized carbons (Fsp3) is 0.333. The summed E-state index contributed by atoms with van der Waals surface area (Å²) in [6.45, 7) is 0. The van der Waals surface area contributed by atoms with E-state index in [1.54, 1.807) is 7.11 Å². The van der Waals surface area contributed by atoms with Crippen molar-refractivity contribution in [2.24, 2.45) is 0 Å². The molecule has 0 saturated carbocycles. The number of benzene rings is 1. The van der Waals surface area contributed by atoms with Gasteiger partial charge in [-0.3, -0.25) is 0 Å². The second-order valence-electron chi connectivity index (χ2n) is 3.11. The fourth-order valence-corrected chi connectivity index (χ4v) is 1.24. The summed E-state index contributed by atoms with van der Waals surface area (Å²) in [5, 5.41) is 9.46. The van der Waals surface area contributed by atoms with Crippen LogP contribution in [0.5, 0.6) is 5.75 Å². The lowest BCUT2D eigenvalue weighted by Crippen LogP contribution is -2.08. The molecule has 1 aromatic carbocycles. The number of rotatable bonds is 4. The molecule has 1 N–H and O–H groups in total. The van der Waals surface area contributed by atoms with Gasteiger partial charge in [-0.15, -0.1) is 12.3 Å². The van der Waals surface area contributed by atoms with Crippen LogP contribution in [-0.4, -0.2) is 18.3 Å². The standard InChI is InChI=1S/C12H14O2/c1-3-4-11(13)9-10-5-7-12(14-2)8-6-10/h1,5-8,11,13H,4,9H2,2H3/t11-/m1/s1. The van der Waals surface area contributed by atoms with Gasteiger partial charge < -0.3 is 9.84 Å². The lowest BCUT2D eigenvalue weighted by atomic mass is 10.1. The van der Waals surface area contributed by atoms with Crippen molar-refractivity contribution < 1.29 is 9.84 Å². The second-order valence-corrected chi connectivity index (χ2v) is 3.11. The SMILES string of the molecule is C#CC[C@@H](O)Cc1ccc(OC)cc1. The van der Waals surface area contributed by atoms with E-state index in [0.717, 1.165) is 11.3 Å². The van der Waals surface area contributed by atoms with Crippen molar-refractivity contribution in [1.29, 1.82) is 0 Å². The molecule has 0 aromatic heterocycles. The molecule has 0 aliphatic rings. The van der Waals surface area contributed by atoms with E-state index in [2.05, 4.69) is 5.92 Å². The largest absolute Gasteiger partial charge is 0.497 e. The molecular weight excluding hydrogens is 176 g/mol. The van der Waals surface area contributed by atoms with Crippen molar-refractivity contribution in [1.82, 2.24) is 0 Å². The van der Waals surface area contributed by atoms with E-state index in [0.29, 0.717) is 12.8 Å². The Bertz CT molecular complexity index is 308. The zero-order valence-corrected chi connectivity index (χ0v) is 8.23. The molecule has 0 saturated heterocycles. The third-order valence-electron chi connectivity index (χ3n) is 1.98. The van der Waals surface area contributed by atoms with Gasteiger partial charge in [0, 0.05) is 6.42 Å². The summed E-state index contributed by atoms with van der Waals surface area (Å²) < 4.78 is 5.03. The third-order valence-corrected chi connectivity index (χ3v) is 1.98. The molecule has 0 bridgehead atoms. The monoisotopic (exact) mass is 190 g/mol. The molecule has 74 valence electrons. The Morgan fingerprint density at radius 3 is 2.57 bits per heavy atom. The van der Waals surface area contributed by atoms with Gasteiger partial charge >= 0.3 is 0 Å². The van der Waals surface area contributed by atoms with Gasteiger partial charge in [0.25, 0.3) is 0 Å². The minimum Gasteiger partial charge on any atom is -0.497 e. The van der Waals surface area contributed by atoms with Crippen LogP contribution in [0.15, 0.2) is 24.3 Å². The zero-order chi connectivity index (χ0) is 10.4. The van der Waals surface area contributed by atoms with E-state index in [1.807, 2.05) is 24.3 Å². The zero-order valence-electron chi connectivity index (χ0n) is 8.23. The van der Waals surface area contributed by atoms with Crippen LogP contribution >= 0.6 is 0 Å². The summed E-state index contributed by atoms with van der Waals surface area (Å²) in [5.74, 6) is 3.26. The van der Waals surface area contributed by atoms with Gasteiger partial charge in [-0.1, -0.05) is 12.1 Å². The molecule has 0 aliphatic carbocycles. The molecule has 0 unspecified atom stereocenters. The first-order valence-corrected chi connectivity index (χ1v) is 4.50. The van der Waals surface area contributed by atoms with Crippen LogP contribution in [-0.2, 0) is 6.42 Å². The van der Waals surface area contributed by atoms with E-state index >= 15 is 0 Å². The minimum atomic E-state index is -0.451. The summed E-state index contributed by atoms with van der Waals surface area (Å²) >= 11 is 0. The van der Waals surface area contributed by atoms with E-state index < -0.39 is 6.10 Å². The predicted octanol–water partition coefficient (Wildman–Crippen LogP) is 1.62. The molecule has 0 spiro atoms. The van der Waals surface area contributed by atoms with E-state index in [-0.39, 0.29) is 0 Å². The van der Waals surface area contributed by atoms with Crippen molar-refractivity contribution in [2.75, 3.05) is 7.11 Å². The molecule has 0 radical (unpaired) electrons. The Hall–Kier alpha value is -1.46. The Labute approximate surface area is 84.5 Å². The van der Waals surface area contributed by atoms with Crippen LogP contribution in [0.2, 0.25) is 0 Å². The Morgan fingerprint density at radius 2 is 2.07 bits per heavy atom. The molecule has 1 atom stereocenters. The first-order chi connectivity index (χ1) is 6.76. The lowest BCUT2D eigenvalue weighted by Gasteiger charge is -2.07. The minimum absolute atomic E-state index is 0.395. The molecule has 14 heavy (non-hydrogen) atoms. The van der Waals surface area contributed by atoms with Crippen LogP contribution in [0.25, 0.3) is 0 Å². The highest BCUT2D eigenvalue weighted by molar-refractivity contribution is 5.27. The number of hydrogen-bond donors (Lipinski definition) is 1. The van der Waals surface area contributed by atoms with Gasteiger partial charge in [-0.2, -0.15) is 0 Å². The maximum Gasteiger partial charge on any atom is 0.118 e. The van der Waals surface area contributed by atoms with Gasteiger partial charge in [0.1, 0.15) is 5.75 Å². The van der Waals surface area contributed by atoms with Crippen LogP contribution in [0.1, 0.15) is 12.0 Å². The quantitative estimate of drug-likeness (QED) is 0.731. The average molecular weight is 190 g/mol. The molecule has 0 fully saturated rings.